The van der Waals surface area contributed by atoms with Gasteiger partial charge >= 0.3 is 0 Å². The van der Waals surface area contributed by atoms with Gasteiger partial charge in [0.1, 0.15) is 5.69 Å². The Morgan fingerprint density at radius 1 is 1.13 bits per heavy atom. The van der Waals surface area contributed by atoms with E-state index < -0.39 is 0 Å². The Hall–Kier alpha value is -2.56. The Labute approximate surface area is 136 Å². The highest BCUT2D eigenvalue weighted by Crippen LogP contribution is 2.23. The zero-order chi connectivity index (χ0) is 17.3. The number of hydrogen-bond acceptors (Lipinski definition) is 3. The SMILES string of the molecule is CC(=O)c1c(C)[nH]c(C(=O)Nc2ccc(N(C)C)cc2C)c1C. The molecule has 2 rings (SSSR count). The maximum absolute atomic E-state index is 12.5. The fraction of sp³-hybridized carbons (Fsp3) is 0.333. The minimum atomic E-state index is -0.237. The van der Waals surface area contributed by atoms with Crippen LogP contribution in [0.3, 0.4) is 0 Å². The van der Waals surface area contributed by atoms with Crippen LogP contribution in [0.4, 0.5) is 11.4 Å². The number of rotatable bonds is 4. The number of carbonyl (C=O) groups excluding carboxylic acids is 2. The van der Waals surface area contributed by atoms with Crippen molar-refractivity contribution in [2.45, 2.75) is 27.7 Å². The molecule has 0 saturated heterocycles. The van der Waals surface area contributed by atoms with E-state index in [1.54, 1.807) is 13.8 Å². The average molecular weight is 313 g/mol. The van der Waals surface area contributed by atoms with Gasteiger partial charge in [-0.2, -0.15) is 0 Å². The molecular weight excluding hydrogens is 290 g/mol. The fourth-order valence-corrected chi connectivity index (χ4v) is 2.76. The standard InChI is InChI=1S/C18H23N3O2/c1-10-9-14(21(5)6)7-8-15(10)20-18(23)17-11(2)16(13(4)22)12(3)19-17/h7-9,19H,1-6H3,(H,20,23). The highest BCUT2D eigenvalue weighted by atomic mass is 16.2. The van der Waals surface area contributed by atoms with Crippen LogP contribution in [-0.2, 0) is 0 Å². The van der Waals surface area contributed by atoms with Gasteiger partial charge in [0, 0.05) is 36.7 Å². The van der Waals surface area contributed by atoms with E-state index in [0.29, 0.717) is 16.8 Å². The summed E-state index contributed by atoms with van der Waals surface area (Å²) in [5.74, 6) is -0.277. The molecule has 0 aliphatic rings. The summed E-state index contributed by atoms with van der Waals surface area (Å²) in [5.41, 5.74) is 5.26. The first-order chi connectivity index (χ1) is 10.7. The van der Waals surface area contributed by atoms with Crippen LogP contribution in [0.25, 0.3) is 0 Å². The largest absolute Gasteiger partial charge is 0.378 e. The molecule has 122 valence electrons. The fourth-order valence-electron chi connectivity index (χ4n) is 2.76. The molecule has 0 atom stereocenters. The van der Waals surface area contributed by atoms with Gasteiger partial charge in [0.2, 0.25) is 0 Å². The predicted octanol–water partition coefficient (Wildman–Crippen LogP) is 3.46. The number of nitrogens with zero attached hydrogens (tertiary/aromatic N) is 1. The van der Waals surface area contributed by atoms with Crippen molar-refractivity contribution in [2.75, 3.05) is 24.3 Å². The van der Waals surface area contributed by atoms with E-state index in [0.717, 1.165) is 22.6 Å². The number of benzene rings is 1. The normalized spacial score (nSPS) is 10.5. The maximum atomic E-state index is 12.5. The van der Waals surface area contributed by atoms with Gasteiger partial charge in [0.15, 0.2) is 5.78 Å². The highest BCUT2D eigenvalue weighted by Gasteiger charge is 2.20. The summed E-state index contributed by atoms with van der Waals surface area (Å²) in [5, 5.41) is 2.91. The summed E-state index contributed by atoms with van der Waals surface area (Å²) < 4.78 is 0. The molecule has 0 saturated carbocycles. The third-order valence-corrected chi connectivity index (χ3v) is 3.99. The molecule has 0 aliphatic heterocycles. The third kappa shape index (κ3) is 3.28. The summed E-state index contributed by atoms with van der Waals surface area (Å²) >= 11 is 0. The molecule has 5 heteroatoms. The first kappa shape index (κ1) is 16.8. The second-order valence-electron chi connectivity index (χ2n) is 6.03. The zero-order valence-corrected chi connectivity index (χ0v) is 14.5. The summed E-state index contributed by atoms with van der Waals surface area (Å²) in [6.07, 6.45) is 0. The van der Waals surface area contributed by atoms with E-state index >= 15 is 0 Å². The lowest BCUT2D eigenvalue weighted by Crippen LogP contribution is -2.15. The van der Waals surface area contributed by atoms with Crippen molar-refractivity contribution in [3.05, 3.63) is 46.3 Å². The monoisotopic (exact) mass is 313 g/mol. The van der Waals surface area contributed by atoms with E-state index in [1.165, 1.54) is 6.92 Å². The van der Waals surface area contributed by atoms with Crippen LogP contribution in [0.2, 0.25) is 0 Å². The summed E-state index contributed by atoms with van der Waals surface area (Å²) in [4.78, 5) is 29.2. The molecule has 1 aromatic heterocycles. The number of amides is 1. The van der Waals surface area contributed by atoms with E-state index in [4.69, 9.17) is 0 Å². The zero-order valence-electron chi connectivity index (χ0n) is 14.5. The third-order valence-electron chi connectivity index (χ3n) is 3.99. The van der Waals surface area contributed by atoms with Gasteiger partial charge in [0.25, 0.3) is 5.91 Å². The molecule has 23 heavy (non-hydrogen) atoms. The molecule has 0 radical (unpaired) electrons. The number of H-pyrrole nitrogens is 1. The van der Waals surface area contributed by atoms with Gasteiger partial charge in [-0.1, -0.05) is 0 Å². The van der Waals surface area contributed by atoms with Gasteiger partial charge in [0.05, 0.1) is 0 Å². The molecule has 5 nitrogen and oxygen atoms in total. The number of hydrogen-bond donors (Lipinski definition) is 2. The Balaban J connectivity index is 2.30. The Morgan fingerprint density at radius 3 is 2.26 bits per heavy atom. The first-order valence-corrected chi connectivity index (χ1v) is 7.51. The van der Waals surface area contributed by atoms with Crippen molar-refractivity contribution >= 4 is 23.1 Å². The number of anilines is 2. The number of aromatic nitrogens is 1. The molecule has 0 fully saturated rings. The van der Waals surface area contributed by atoms with E-state index in [1.807, 2.05) is 44.1 Å². The summed E-state index contributed by atoms with van der Waals surface area (Å²) in [7, 11) is 3.95. The Kier molecular flexibility index (Phi) is 4.59. The molecule has 0 unspecified atom stereocenters. The van der Waals surface area contributed by atoms with Crippen LogP contribution >= 0.6 is 0 Å². The van der Waals surface area contributed by atoms with Crippen LogP contribution in [0, 0.1) is 20.8 Å². The Morgan fingerprint density at radius 2 is 1.78 bits per heavy atom. The number of Topliss-reactive ketones (excluding diaryl/α,β-unsaturated/α-hetero) is 1. The van der Waals surface area contributed by atoms with Gasteiger partial charge in [-0.05, 0) is 57.0 Å². The van der Waals surface area contributed by atoms with Gasteiger partial charge in [-0.15, -0.1) is 0 Å². The topological polar surface area (TPSA) is 65.2 Å². The molecule has 0 bridgehead atoms. The molecule has 2 N–H and O–H groups in total. The summed E-state index contributed by atoms with van der Waals surface area (Å²) in [6, 6.07) is 5.86. The van der Waals surface area contributed by atoms with Crippen molar-refractivity contribution in [3.8, 4) is 0 Å². The van der Waals surface area contributed by atoms with Crippen molar-refractivity contribution in [1.82, 2.24) is 4.98 Å². The number of aryl methyl sites for hydroxylation is 2. The number of ketones is 1. The van der Waals surface area contributed by atoms with Gasteiger partial charge in [-0.3, -0.25) is 9.59 Å². The maximum Gasteiger partial charge on any atom is 0.272 e. The lowest BCUT2D eigenvalue weighted by atomic mass is 10.1. The van der Waals surface area contributed by atoms with Crippen molar-refractivity contribution in [1.29, 1.82) is 0 Å². The molecule has 2 aromatic rings. The minimum Gasteiger partial charge on any atom is -0.378 e. The van der Waals surface area contributed by atoms with Crippen LogP contribution in [0.15, 0.2) is 18.2 Å². The van der Waals surface area contributed by atoms with E-state index in [2.05, 4.69) is 10.3 Å². The predicted molar refractivity (Wildman–Crippen MR) is 93.7 cm³/mol. The van der Waals surface area contributed by atoms with E-state index in [-0.39, 0.29) is 11.7 Å². The number of aromatic amines is 1. The van der Waals surface area contributed by atoms with Crippen molar-refractivity contribution in [3.63, 3.8) is 0 Å². The lowest BCUT2D eigenvalue weighted by Gasteiger charge is -2.15. The average Bonchev–Trinajstić information content (AvgIpc) is 2.75. The van der Waals surface area contributed by atoms with Crippen LogP contribution in [0.1, 0.15) is 44.6 Å². The van der Waals surface area contributed by atoms with Crippen LogP contribution in [-0.4, -0.2) is 30.8 Å². The molecule has 1 amide bonds. The molecule has 0 aliphatic carbocycles. The quantitative estimate of drug-likeness (QED) is 0.850. The van der Waals surface area contributed by atoms with Crippen molar-refractivity contribution in [2.24, 2.45) is 0 Å². The smallest absolute Gasteiger partial charge is 0.272 e. The van der Waals surface area contributed by atoms with Gasteiger partial charge in [-0.25, -0.2) is 0 Å². The van der Waals surface area contributed by atoms with Crippen molar-refractivity contribution < 1.29 is 9.59 Å². The second-order valence-corrected chi connectivity index (χ2v) is 6.03. The first-order valence-electron chi connectivity index (χ1n) is 7.51. The summed E-state index contributed by atoms with van der Waals surface area (Å²) in [6.45, 7) is 7.06. The lowest BCUT2D eigenvalue weighted by molar-refractivity contribution is 0.101. The number of carbonyl (C=O) groups is 2. The van der Waals surface area contributed by atoms with Crippen LogP contribution < -0.4 is 10.2 Å². The number of nitrogens with one attached hydrogen (secondary N) is 2. The Bertz CT molecular complexity index is 773. The van der Waals surface area contributed by atoms with E-state index in [9.17, 15) is 9.59 Å². The molecule has 1 heterocycles. The minimum absolute atomic E-state index is 0.0400. The second kappa shape index (κ2) is 6.28. The highest BCUT2D eigenvalue weighted by molar-refractivity contribution is 6.07. The van der Waals surface area contributed by atoms with Crippen LogP contribution in [0.5, 0.6) is 0 Å². The molecule has 0 spiro atoms. The molecule has 1 aromatic carbocycles. The van der Waals surface area contributed by atoms with Gasteiger partial charge < -0.3 is 15.2 Å². The molecular formula is C18H23N3O2.